The highest BCUT2D eigenvalue weighted by molar-refractivity contribution is 5.82. The summed E-state index contributed by atoms with van der Waals surface area (Å²) in [4.78, 5) is 13.9. The molecule has 0 aromatic rings. The summed E-state index contributed by atoms with van der Waals surface area (Å²) >= 11 is 0. The first kappa shape index (κ1) is 10.7. The van der Waals surface area contributed by atoms with Gasteiger partial charge in [-0.15, -0.1) is 0 Å². The van der Waals surface area contributed by atoms with Crippen LogP contribution in [-0.4, -0.2) is 29.9 Å². The monoisotopic (exact) mass is 208 g/mol. The molecule has 3 heteroatoms. The van der Waals surface area contributed by atoms with Crippen molar-refractivity contribution in [2.75, 3.05) is 13.1 Å². The lowest BCUT2D eigenvalue weighted by Crippen LogP contribution is -2.47. The highest BCUT2D eigenvalue weighted by Gasteiger charge is 2.29. The molecule has 3 nitrogen and oxygen atoms in total. The predicted octanol–water partition coefficient (Wildman–Crippen LogP) is 1.29. The van der Waals surface area contributed by atoms with Gasteiger partial charge in [0.1, 0.15) is 0 Å². The van der Waals surface area contributed by atoms with E-state index in [9.17, 15) is 4.79 Å². The Morgan fingerprint density at radius 3 is 2.40 bits per heavy atom. The second-order valence-corrected chi connectivity index (χ2v) is 4.64. The van der Waals surface area contributed by atoms with Gasteiger partial charge in [0.25, 0.3) is 0 Å². The normalized spacial score (nSPS) is 24.5. The number of carbonyl (C=O) groups is 1. The maximum atomic E-state index is 12.0. The van der Waals surface area contributed by atoms with E-state index in [0.717, 1.165) is 25.9 Å². The van der Waals surface area contributed by atoms with Gasteiger partial charge in [0.15, 0.2) is 0 Å². The molecule has 1 atom stereocenters. The molecule has 0 radical (unpaired) electrons. The van der Waals surface area contributed by atoms with Gasteiger partial charge in [0.05, 0.1) is 6.04 Å². The van der Waals surface area contributed by atoms with E-state index in [2.05, 4.69) is 0 Å². The van der Waals surface area contributed by atoms with Crippen molar-refractivity contribution in [3.63, 3.8) is 0 Å². The molecule has 2 aliphatic rings. The third-order valence-corrected chi connectivity index (χ3v) is 3.57. The Labute approximate surface area is 91.3 Å². The number of rotatable bonds is 2. The number of hydrogen-bond donors (Lipinski definition) is 1. The molecule has 1 unspecified atom stereocenters. The van der Waals surface area contributed by atoms with Crippen molar-refractivity contribution in [2.24, 2.45) is 11.7 Å². The lowest BCUT2D eigenvalue weighted by molar-refractivity contribution is -0.132. The predicted molar refractivity (Wildman–Crippen MR) is 60.3 cm³/mol. The molecular weight excluding hydrogens is 188 g/mol. The van der Waals surface area contributed by atoms with Gasteiger partial charge in [0.2, 0.25) is 5.91 Å². The minimum absolute atomic E-state index is 0.145. The molecular formula is C12H20N2O. The van der Waals surface area contributed by atoms with E-state index in [1.807, 2.05) is 17.1 Å². The van der Waals surface area contributed by atoms with Crippen LogP contribution in [0.5, 0.6) is 0 Å². The Bertz CT molecular complexity index is 248. The van der Waals surface area contributed by atoms with Crippen molar-refractivity contribution in [2.45, 2.75) is 38.1 Å². The van der Waals surface area contributed by atoms with Crippen LogP contribution < -0.4 is 5.73 Å². The van der Waals surface area contributed by atoms with Crippen LogP contribution in [0.3, 0.4) is 0 Å². The Morgan fingerprint density at radius 1 is 1.20 bits per heavy atom. The molecule has 2 N–H and O–H groups in total. The summed E-state index contributed by atoms with van der Waals surface area (Å²) in [5.41, 5.74) is 6.05. The standard InChI is InChI=1S/C12H20N2O/c13-11(10-6-2-1-3-7-10)12(15)14-8-4-5-9-14/h4-5,10-11H,1-3,6-9,13H2. The average molecular weight is 208 g/mol. The molecule has 1 aliphatic carbocycles. The zero-order chi connectivity index (χ0) is 10.7. The molecule has 1 amide bonds. The number of hydrogen-bond acceptors (Lipinski definition) is 2. The van der Waals surface area contributed by atoms with Crippen LogP contribution >= 0.6 is 0 Å². The molecule has 1 aliphatic heterocycles. The molecule has 1 fully saturated rings. The SMILES string of the molecule is NC(C(=O)N1CC=CC1)C1CCCCC1. The molecule has 0 aromatic carbocycles. The Balaban J connectivity index is 1.88. The summed E-state index contributed by atoms with van der Waals surface area (Å²) in [6.45, 7) is 1.50. The van der Waals surface area contributed by atoms with Crippen molar-refractivity contribution in [3.05, 3.63) is 12.2 Å². The fourth-order valence-electron chi connectivity index (χ4n) is 2.56. The smallest absolute Gasteiger partial charge is 0.240 e. The Hall–Kier alpha value is -0.830. The van der Waals surface area contributed by atoms with Gasteiger partial charge >= 0.3 is 0 Å². The van der Waals surface area contributed by atoms with Crippen LogP contribution in [0.15, 0.2) is 12.2 Å². The topological polar surface area (TPSA) is 46.3 Å². The lowest BCUT2D eigenvalue weighted by atomic mass is 9.84. The van der Waals surface area contributed by atoms with E-state index in [1.54, 1.807) is 0 Å². The van der Waals surface area contributed by atoms with Crippen LogP contribution in [0.2, 0.25) is 0 Å². The second kappa shape index (κ2) is 4.79. The van der Waals surface area contributed by atoms with Gasteiger partial charge < -0.3 is 10.6 Å². The molecule has 0 bridgehead atoms. The van der Waals surface area contributed by atoms with Crippen LogP contribution in [-0.2, 0) is 4.79 Å². The highest BCUT2D eigenvalue weighted by atomic mass is 16.2. The van der Waals surface area contributed by atoms with Crippen LogP contribution in [0, 0.1) is 5.92 Å². The number of nitrogens with zero attached hydrogens (tertiary/aromatic N) is 1. The molecule has 15 heavy (non-hydrogen) atoms. The minimum atomic E-state index is -0.259. The molecule has 1 heterocycles. The van der Waals surface area contributed by atoms with E-state index in [4.69, 9.17) is 5.73 Å². The summed E-state index contributed by atoms with van der Waals surface area (Å²) < 4.78 is 0. The van der Waals surface area contributed by atoms with E-state index in [-0.39, 0.29) is 11.9 Å². The first-order valence-corrected chi connectivity index (χ1v) is 5.98. The Morgan fingerprint density at radius 2 is 1.80 bits per heavy atom. The molecule has 0 aromatic heterocycles. The highest BCUT2D eigenvalue weighted by Crippen LogP contribution is 2.26. The molecule has 1 saturated carbocycles. The largest absolute Gasteiger partial charge is 0.334 e. The van der Waals surface area contributed by atoms with Crippen LogP contribution in [0.4, 0.5) is 0 Å². The van der Waals surface area contributed by atoms with E-state index in [0.29, 0.717) is 5.92 Å². The number of carbonyl (C=O) groups excluding carboxylic acids is 1. The summed E-state index contributed by atoms with van der Waals surface area (Å²) in [6, 6.07) is -0.259. The van der Waals surface area contributed by atoms with Crippen LogP contribution in [0.1, 0.15) is 32.1 Å². The van der Waals surface area contributed by atoms with E-state index in [1.165, 1.54) is 19.3 Å². The van der Waals surface area contributed by atoms with Gasteiger partial charge in [0, 0.05) is 13.1 Å². The van der Waals surface area contributed by atoms with Gasteiger partial charge in [-0.2, -0.15) is 0 Å². The van der Waals surface area contributed by atoms with Gasteiger partial charge in [-0.05, 0) is 18.8 Å². The van der Waals surface area contributed by atoms with Crippen molar-refractivity contribution in [3.8, 4) is 0 Å². The van der Waals surface area contributed by atoms with Crippen molar-refractivity contribution >= 4 is 5.91 Å². The van der Waals surface area contributed by atoms with Crippen molar-refractivity contribution in [1.29, 1.82) is 0 Å². The van der Waals surface area contributed by atoms with E-state index < -0.39 is 0 Å². The summed E-state index contributed by atoms with van der Waals surface area (Å²) in [5.74, 6) is 0.568. The number of amides is 1. The summed E-state index contributed by atoms with van der Waals surface area (Å²) in [5, 5.41) is 0. The quantitative estimate of drug-likeness (QED) is 0.695. The van der Waals surface area contributed by atoms with Gasteiger partial charge in [-0.25, -0.2) is 0 Å². The first-order valence-electron chi connectivity index (χ1n) is 5.98. The fraction of sp³-hybridized carbons (Fsp3) is 0.750. The zero-order valence-electron chi connectivity index (χ0n) is 9.19. The molecule has 84 valence electrons. The van der Waals surface area contributed by atoms with Crippen LogP contribution in [0.25, 0.3) is 0 Å². The molecule has 0 saturated heterocycles. The van der Waals surface area contributed by atoms with Gasteiger partial charge in [-0.1, -0.05) is 31.4 Å². The minimum Gasteiger partial charge on any atom is -0.334 e. The zero-order valence-corrected chi connectivity index (χ0v) is 9.19. The third-order valence-electron chi connectivity index (χ3n) is 3.57. The molecule has 0 spiro atoms. The third kappa shape index (κ3) is 2.40. The van der Waals surface area contributed by atoms with E-state index >= 15 is 0 Å². The van der Waals surface area contributed by atoms with Crippen molar-refractivity contribution in [1.82, 2.24) is 4.90 Å². The maximum absolute atomic E-state index is 12.0. The summed E-state index contributed by atoms with van der Waals surface area (Å²) in [6.07, 6.45) is 10.1. The fourth-order valence-corrected chi connectivity index (χ4v) is 2.56. The maximum Gasteiger partial charge on any atom is 0.240 e. The van der Waals surface area contributed by atoms with Gasteiger partial charge in [-0.3, -0.25) is 4.79 Å². The molecule has 2 rings (SSSR count). The Kier molecular flexibility index (Phi) is 3.41. The van der Waals surface area contributed by atoms with Crippen molar-refractivity contribution < 1.29 is 4.79 Å². The second-order valence-electron chi connectivity index (χ2n) is 4.64. The lowest BCUT2D eigenvalue weighted by Gasteiger charge is -2.29. The number of nitrogens with two attached hydrogens (primary N) is 1. The summed E-state index contributed by atoms with van der Waals surface area (Å²) in [7, 11) is 0. The average Bonchev–Trinajstić information content (AvgIpc) is 2.82. The first-order chi connectivity index (χ1) is 7.29.